The molecule has 1 amide bonds. The molecule has 1 heterocycles. The molecule has 0 spiro atoms. The molecule has 5 heteroatoms. The fourth-order valence-electron chi connectivity index (χ4n) is 1.85. The number of pyridine rings is 1. The smallest absolute Gasteiger partial charge is 0.252 e. The molecule has 19 heavy (non-hydrogen) atoms. The van der Waals surface area contributed by atoms with E-state index in [1.54, 1.807) is 12.3 Å². The third-order valence-electron chi connectivity index (χ3n) is 2.78. The van der Waals surface area contributed by atoms with Crippen LogP contribution in [0.2, 0.25) is 0 Å². The number of nitrogens with two attached hydrogens (primary N) is 1. The molecule has 2 rings (SSSR count). The SMILES string of the molecule is NC(=S)CCCNC(=O)c1ccnc2ccccc12. The standard InChI is InChI=1S/C14H15N3OS/c15-13(19)6-3-8-17-14(18)11-7-9-16-12-5-2-1-4-10(11)12/h1-2,4-5,7,9H,3,6,8H2,(H2,15,19)(H,17,18). The van der Waals surface area contributed by atoms with E-state index in [9.17, 15) is 4.79 Å². The number of aromatic nitrogens is 1. The predicted molar refractivity (Wildman–Crippen MR) is 80.1 cm³/mol. The Morgan fingerprint density at radius 2 is 2.11 bits per heavy atom. The molecule has 98 valence electrons. The van der Waals surface area contributed by atoms with Crippen LogP contribution in [0.25, 0.3) is 10.9 Å². The largest absolute Gasteiger partial charge is 0.393 e. The number of hydrogen-bond donors (Lipinski definition) is 2. The molecule has 0 radical (unpaired) electrons. The molecule has 3 N–H and O–H groups in total. The molecule has 0 fully saturated rings. The summed E-state index contributed by atoms with van der Waals surface area (Å²) in [7, 11) is 0. The first kappa shape index (κ1) is 13.4. The lowest BCUT2D eigenvalue weighted by Gasteiger charge is -2.07. The fraction of sp³-hybridized carbons (Fsp3) is 0.214. The molecule has 0 aliphatic heterocycles. The third kappa shape index (κ3) is 3.48. The molecular formula is C14H15N3OS. The van der Waals surface area contributed by atoms with Gasteiger partial charge in [-0.1, -0.05) is 30.4 Å². The number of fused-ring (bicyclic) bond motifs is 1. The van der Waals surface area contributed by atoms with Crippen LogP contribution in [-0.4, -0.2) is 22.4 Å². The van der Waals surface area contributed by atoms with Crippen LogP contribution in [0, 0.1) is 0 Å². The summed E-state index contributed by atoms with van der Waals surface area (Å²) in [6, 6.07) is 9.31. The number of amides is 1. The quantitative estimate of drug-likeness (QED) is 0.646. The van der Waals surface area contributed by atoms with Crippen molar-refractivity contribution in [1.29, 1.82) is 0 Å². The third-order valence-corrected chi connectivity index (χ3v) is 2.98. The van der Waals surface area contributed by atoms with Crippen molar-refractivity contribution < 1.29 is 4.79 Å². The van der Waals surface area contributed by atoms with E-state index < -0.39 is 0 Å². The monoisotopic (exact) mass is 273 g/mol. The van der Waals surface area contributed by atoms with Crippen molar-refractivity contribution >= 4 is 34.0 Å². The Labute approximate surface area is 117 Å². The highest BCUT2D eigenvalue weighted by atomic mass is 32.1. The van der Waals surface area contributed by atoms with Gasteiger partial charge in [0.15, 0.2) is 0 Å². The minimum Gasteiger partial charge on any atom is -0.393 e. The Bertz CT molecular complexity index is 607. The number of carbonyl (C=O) groups is 1. The fourth-order valence-corrected chi connectivity index (χ4v) is 2.00. The molecule has 1 aromatic heterocycles. The minimum absolute atomic E-state index is 0.0958. The van der Waals surface area contributed by atoms with Gasteiger partial charge in [-0.15, -0.1) is 0 Å². The van der Waals surface area contributed by atoms with E-state index in [4.69, 9.17) is 18.0 Å². The number of nitrogens with one attached hydrogen (secondary N) is 1. The Kier molecular flexibility index (Phi) is 4.41. The van der Waals surface area contributed by atoms with E-state index in [0.717, 1.165) is 17.3 Å². The number of para-hydroxylation sites is 1. The first-order valence-electron chi connectivity index (χ1n) is 6.09. The van der Waals surface area contributed by atoms with Crippen LogP contribution in [0.4, 0.5) is 0 Å². The van der Waals surface area contributed by atoms with Gasteiger partial charge in [-0.2, -0.15) is 0 Å². The lowest BCUT2D eigenvalue weighted by atomic mass is 10.1. The van der Waals surface area contributed by atoms with Crippen molar-refractivity contribution in [1.82, 2.24) is 10.3 Å². The van der Waals surface area contributed by atoms with E-state index in [-0.39, 0.29) is 5.91 Å². The maximum Gasteiger partial charge on any atom is 0.252 e. The summed E-state index contributed by atoms with van der Waals surface area (Å²) in [5, 5.41) is 3.72. The second-order valence-corrected chi connectivity index (χ2v) is 4.73. The zero-order valence-electron chi connectivity index (χ0n) is 10.4. The van der Waals surface area contributed by atoms with Gasteiger partial charge in [0, 0.05) is 18.1 Å². The molecule has 4 nitrogen and oxygen atoms in total. The van der Waals surface area contributed by atoms with Gasteiger partial charge in [-0.05, 0) is 25.0 Å². The average molecular weight is 273 g/mol. The highest BCUT2D eigenvalue weighted by Crippen LogP contribution is 2.15. The van der Waals surface area contributed by atoms with Crippen molar-refractivity contribution in [2.45, 2.75) is 12.8 Å². The number of rotatable bonds is 5. The highest BCUT2D eigenvalue weighted by molar-refractivity contribution is 7.80. The molecule has 0 atom stereocenters. The molecular weight excluding hydrogens is 258 g/mol. The molecule has 0 aliphatic carbocycles. The molecule has 0 unspecified atom stereocenters. The van der Waals surface area contributed by atoms with Crippen molar-refractivity contribution in [2.24, 2.45) is 5.73 Å². The molecule has 0 saturated carbocycles. The van der Waals surface area contributed by atoms with Gasteiger partial charge < -0.3 is 11.1 Å². The van der Waals surface area contributed by atoms with E-state index >= 15 is 0 Å². The number of carbonyl (C=O) groups excluding carboxylic acids is 1. The van der Waals surface area contributed by atoms with Crippen molar-refractivity contribution in [3.05, 3.63) is 42.1 Å². The van der Waals surface area contributed by atoms with Crippen LogP contribution in [0.3, 0.4) is 0 Å². The lowest BCUT2D eigenvalue weighted by molar-refractivity contribution is 0.0955. The summed E-state index contributed by atoms with van der Waals surface area (Å²) in [5.41, 5.74) is 6.86. The van der Waals surface area contributed by atoms with Gasteiger partial charge in [0.05, 0.1) is 16.1 Å². The van der Waals surface area contributed by atoms with Crippen LogP contribution in [0.1, 0.15) is 23.2 Å². The summed E-state index contributed by atoms with van der Waals surface area (Å²) < 4.78 is 0. The van der Waals surface area contributed by atoms with Gasteiger partial charge in [0.1, 0.15) is 0 Å². The molecule has 1 aromatic carbocycles. The minimum atomic E-state index is -0.0958. The number of hydrogen-bond acceptors (Lipinski definition) is 3. The maximum atomic E-state index is 12.1. The Morgan fingerprint density at radius 3 is 2.89 bits per heavy atom. The molecule has 0 saturated heterocycles. The van der Waals surface area contributed by atoms with Crippen LogP contribution >= 0.6 is 12.2 Å². The van der Waals surface area contributed by atoms with E-state index in [1.807, 2.05) is 24.3 Å². The van der Waals surface area contributed by atoms with Crippen molar-refractivity contribution in [2.75, 3.05) is 6.54 Å². The number of thiocarbonyl (C=S) groups is 1. The number of nitrogens with zero attached hydrogens (tertiary/aromatic N) is 1. The average Bonchev–Trinajstić information content (AvgIpc) is 2.42. The Balaban J connectivity index is 2.07. The van der Waals surface area contributed by atoms with Gasteiger partial charge in [-0.3, -0.25) is 9.78 Å². The topological polar surface area (TPSA) is 68.0 Å². The van der Waals surface area contributed by atoms with Crippen LogP contribution < -0.4 is 11.1 Å². The van der Waals surface area contributed by atoms with E-state index in [1.165, 1.54) is 0 Å². The van der Waals surface area contributed by atoms with E-state index in [0.29, 0.717) is 23.5 Å². The van der Waals surface area contributed by atoms with Gasteiger partial charge >= 0.3 is 0 Å². The van der Waals surface area contributed by atoms with E-state index in [2.05, 4.69) is 10.3 Å². The highest BCUT2D eigenvalue weighted by Gasteiger charge is 2.09. The van der Waals surface area contributed by atoms with Crippen LogP contribution in [-0.2, 0) is 0 Å². The summed E-state index contributed by atoms with van der Waals surface area (Å²) in [5.74, 6) is -0.0958. The summed E-state index contributed by atoms with van der Waals surface area (Å²) in [6.45, 7) is 0.562. The van der Waals surface area contributed by atoms with Gasteiger partial charge in [-0.25, -0.2) is 0 Å². The summed E-state index contributed by atoms with van der Waals surface area (Å²) in [6.07, 6.45) is 3.04. The van der Waals surface area contributed by atoms with Crippen LogP contribution in [0.15, 0.2) is 36.5 Å². The zero-order valence-corrected chi connectivity index (χ0v) is 11.2. The second kappa shape index (κ2) is 6.24. The first-order chi connectivity index (χ1) is 9.18. The maximum absolute atomic E-state index is 12.1. The normalized spacial score (nSPS) is 10.3. The zero-order chi connectivity index (χ0) is 13.7. The Hall–Kier alpha value is -2.01. The first-order valence-corrected chi connectivity index (χ1v) is 6.49. The molecule has 2 aromatic rings. The van der Waals surface area contributed by atoms with Gasteiger partial charge in [0.25, 0.3) is 5.91 Å². The number of benzene rings is 1. The summed E-state index contributed by atoms with van der Waals surface area (Å²) >= 11 is 4.79. The predicted octanol–water partition coefficient (Wildman–Crippen LogP) is 2.03. The van der Waals surface area contributed by atoms with Gasteiger partial charge in [0.2, 0.25) is 0 Å². The summed E-state index contributed by atoms with van der Waals surface area (Å²) in [4.78, 5) is 16.8. The van der Waals surface area contributed by atoms with Crippen LogP contribution in [0.5, 0.6) is 0 Å². The molecule has 0 aliphatic rings. The second-order valence-electron chi connectivity index (χ2n) is 4.20. The van der Waals surface area contributed by atoms with Crippen molar-refractivity contribution in [3.8, 4) is 0 Å². The molecule has 0 bridgehead atoms. The van der Waals surface area contributed by atoms with Crippen molar-refractivity contribution in [3.63, 3.8) is 0 Å². The lowest BCUT2D eigenvalue weighted by Crippen LogP contribution is -2.25. The Morgan fingerprint density at radius 1 is 1.32 bits per heavy atom.